The molecule has 2 N–H and O–H groups in total. The van der Waals surface area contributed by atoms with E-state index >= 15 is 0 Å². The van der Waals surface area contributed by atoms with E-state index in [-0.39, 0.29) is 25.4 Å². The minimum atomic E-state index is -0.959. The molecule has 0 saturated carbocycles. The number of ether oxygens (including phenoxy) is 1. The number of carbonyl (C=O) groups excluding carboxylic acids is 1. The third kappa shape index (κ3) is 5.39. The van der Waals surface area contributed by atoms with E-state index in [4.69, 9.17) is 9.84 Å². The van der Waals surface area contributed by atoms with Gasteiger partial charge in [0.1, 0.15) is 19.2 Å². The molecule has 0 radical (unpaired) electrons. The first kappa shape index (κ1) is 14.1. The maximum atomic E-state index is 11.5. The molecular formula is C10H16N4O4. The molecule has 0 saturated heterocycles. The number of carboxylic acids is 1. The third-order valence-corrected chi connectivity index (χ3v) is 2.10. The normalized spacial score (nSPS) is 12.1. The van der Waals surface area contributed by atoms with Gasteiger partial charge >= 0.3 is 5.97 Å². The van der Waals surface area contributed by atoms with Crippen LogP contribution in [0.2, 0.25) is 0 Å². The van der Waals surface area contributed by atoms with Crippen LogP contribution in [0.1, 0.15) is 13.3 Å². The van der Waals surface area contributed by atoms with Gasteiger partial charge in [0.25, 0.3) is 0 Å². The largest absolute Gasteiger partial charge is 0.481 e. The zero-order valence-electron chi connectivity index (χ0n) is 10.1. The highest BCUT2D eigenvalue weighted by Gasteiger charge is 2.14. The van der Waals surface area contributed by atoms with Crippen molar-refractivity contribution in [2.75, 3.05) is 13.2 Å². The van der Waals surface area contributed by atoms with Gasteiger partial charge in [0.05, 0.1) is 12.5 Å². The van der Waals surface area contributed by atoms with E-state index in [1.165, 1.54) is 17.3 Å². The Hall–Kier alpha value is -1.96. The van der Waals surface area contributed by atoms with Gasteiger partial charge in [-0.1, -0.05) is 0 Å². The molecule has 1 heterocycles. The minimum Gasteiger partial charge on any atom is -0.481 e. The van der Waals surface area contributed by atoms with Crippen molar-refractivity contribution >= 4 is 11.9 Å². The number of nitrogens with zero attached hydrogens (tertiary/aromatic N) is 3. The van der Waals surface area contributed by atoms with E-state index in [2.05, 4.69) is 15.4 Å². The summed E-state index contributed by atoms with van der Waals surface area (Å²) in [6.07, 6.45) is 2.10. The monoisotopic (exact) mass is 256 g/mol. The first-order chi connectivity index (χ1) is 8.61. The Morgan fingerprint density at radius 2 is 2.33 bits per heavy atom. The molecule has 1 aromatic rings. The highest BCUT2D eigenvalue weighted by atomic mass is 16.5. The van der Waals surface area contributed by atoms with Crippen LogP contribution in [0.15, 0.2) is 12.7 Å². The van der Waals surface area contributed by atoms with E-state index in [9.17, 15) is 9.59 Å². The van der Waals surface area contributed by atoms with Crippen molar-refractivity contribution in [2.24, 2.45) is 0 Å². The van der Waals surface area contributed by atoms with Crippen LogP contribution in [-0.4, -0.2) is 51.0 Å². The van der Waals surface area contributed by atoms with Gasteiger partial charge in [-0.05, 0) is 6.92 Å². The number of nitrogens with one attached hydrogen (secondary N) is 1. The smallest absolute Gasteiger partial charge is 0.306 e. The van der Waals surface area contributed by atoms with Crippen molar-refractivity contribution < 1.29 is 19.4 Å². The summed E-state index contributed by atoms with van der Waals surface area (Å²) in [5.41, 5.74) is 0. The summed E-state index contributed by atoms with van der Waals surface area (Å²) in [6.45, 7) is 2.38. The number of aliphatic carboxylic acids is 1. The molecule has 1 aromatic heterocycles. The summed E-state index contributed by atoms with van der Waals surface area (Å²) < 4.78 is 6.59. The van der Waals surface area contributed by atoms with Crippen LogP contribution in [0.25, 0.3) is 0 Å². The first-order valence-electron chi connectivity index (χ1n) is 5.54. The van der Waals surface area contributed by atoms with Gasteiger partial charge in [0, 0.05) is 13.2 Å². The van der Waals surface area contributed by atoms with Gasteiger partial charge in [0.2, 0.25) is 5.91 Å². The van der Waals surface area contributed by atoms with E-state index in [1.54, 1.807) is 6.92 Å². The fourth-order valence-electron chi connectivity index (χ4n) is 1.37. The Labute approximate surface area is 104 Å². The molecular weight excluding hydrogens is 240 g/mol. The number of aromatic nitrogens is 3. The number of rotatable bonds is 8. The molecule has 0 aliphatic heterocycles. The van der Waals surface area contributed by atoms with Crippen molar-refractivity contribution in [3.05, 3.63) is 12.7 Å². The highest BCUT2D eigenvalue weighted by molar-refractivity contribution is 5.75. The lowest BCUT2D eigenvalue weighted by Gasteiger charge is -2.15. The van der Waals surface area contributed by atoms with Crippen LogP contribution in [0.5, 0.6) is 0 Å². The molecule has 1 rings (SSSR count). The second-order valence-electron chi connectivity index (χ2n) is 3.57. The number of hydrogen-bond donors (Lipinski definition) is 2. The predicted molar refractivity (Wildman–Crippen MR) is 60.7 cm³/mol. The Balaban J connectivity index is 2.32. The number of carboxylic acid groups (broad SMARTS) is 1. The van der Waals surface area contributed by atoms with Crippen molar-refractivity contribution in [1.82, 2.24) is 20.1 Å². The fraction of sp³-hybridized carbons (Fsp3) is 0.600. The van der Waals surface area contributed by atoms with Crippen molar-refractivity contribution in [3.8, 4) is 0 Å². The lowest BCUT2D eigenvalue weighted by molar-refractivity contribution is -0.140. The molecule has 8 heteroatoms. The lowest BCUT2D eigenvalue weighted by Crippen LogP contribution is -2.36. The molecule has 0 aliphatic rings. The Kier molecular flexibility index (Phi) is 5.78. The van der Waals surface area contributed by atoms with Crippen LogP contribution in [0.3, 0.4) is 0 Å². The maximum absolute atomic E-state index is 11.5. The topological polar surface area (TPSA) is 106 Å². The molecule has 0 spiro atoms. The summed E-state index contributed by atoms with van der Waals surface area (Å²) >= 11 is 0. The average Bonchev–Trinajstić information content (AvgIpc) is 2.78. The van der Waals surface area contributed by atoms with Crippen molar-refractivity contribution in [1.29, 1.82) is 0 Å². The van der Waals surface area contributed by atoms with E-state index < -0.39 is 12.1 Å². The summed E-state index contributed by atoms with van der Waals surface area (Å²) in [6, 6.07) is 0. The molecule has 0 fully saturated rings. The highest BCUT2D eigenvalue weighted by Crippen LogP contribution is 1.97. The molecule has 100 valence electrons. The second kappa shape index (κ2) is 7.38. The van der Waals surface area contributed by atoms with Gasteiger partial charge in [-0.2, -0.15) is 5.10 Å². The van der Waals surface area contributed by atoms with E-state index in [0.717, 1.165) is 0 Å². The molecule has 1 amide bonds. The van der Waals surface area contributed by atoms with Crippen LogP contribution in [0.4, 0.5) is 0 Å². The molecule has 1 atom stereocenters. The van der Waals surface area contributed by atoms with Crippen LogP contribution in [-0.2, 0) is 20.9 Å². The third-order valence-electron chi connectivity index (χ3n) is 2.10. The lowest BCUT2D eigenvalue weighted by atomic mass is 10.2. The van der Waals surface area contributed by atoms with Crippen LogP contribution in [0, 0.1) is 0 Å². The summed E-state index contributed by atoms with van der Waals surface area (Å²) in [5, 5.41) is 15.1. The van der Waals surface area contributed by atoms with Gasteiger partial charge in [-0.25, -0.2) is 9.67 Å². The van der Waals surface area contributed by atoms with Crippen molar-refractivity contribution in [3.63, 3.8) is 0 Å². The molecule has 0 aromatic carbocycles. The average molecular weight is 256 g/mol. The first-order valence-corrected chi connectivity index (χ1v) is 5.54. The SMILES string of the molecule is CCOC(CNC(=O)Cn1cncn1)CC(=O)O. The summed E-state index contributed by atoms with van der Waals surface area (Å²) in [7, 11) is 0. The molecule has 1 unspecified atom stereocenters. The Bertz CT molecular complexity index is 379. The Morgan fingerprint density at radius 3 is 2.89 bits per heavy atom. The van der Waals surface area contributed by atoms with E-state index in [0.29, 0.717) is 6.61 Å². The standard InChI is InChI=1S/C10H16N4O4/c1-2-18-8(3-10(16)17)4-12-9(15)5-14-7-11-6-13-14/h6-8H,2-5H2,1H3,(H,12,15)(H,16,17). The molecule has 8 nitrogen and oxygen atoms in total. The quantitative estimate of drug-likeness (QED) is 0.635. The minimum absolute atomic E-state index is 0.0475. The van der Waals surface area contributed by atoms with Crippen LogP contribution >= 0.6 is 0 Å². The summed E-state index contributed by atoms with van der Waals surface area (Å²) in [4.78, 5) is 25.8. The summed E-state index contributed by atoms with van der Waals surface area (Å²) in [5.74, 6) is -1.23. The van der Waals surface area contributed by atoms with Gasteiger partial charge < -0.3 is 15.2 Å². The molecule has 18 heavy (non-hydrogen) atoms. The number of carbonyl (C=O) groups is 2. The van der Waals surface area contributed by atoms with Gasteiger partial charge in [0.15, 0.2) is 0 Å². The van der Waals surface area contributed by atoms with Gasteiger partial charge in [-0.15, -0.1) is 0 Å². The van der Waals surface area contributed by atoms with Crippen LogP contribution < -0.4 is 5.32 Å². The Morgan fingerprint density at radius 1 is 1.56 bits per heavy atom. The van der Waals surface area contributed by atoms with E-state index in [1.807, 2.05) is 0 Å². The second-order valence-corrected chi connectivity index (χ2v) is 3.57. The maximum Gasteiger partial charge on any atom is 0.306 e. The fourth-order valence-corrected chi connectivity index (χ4v) is 1.37. The molecule has 0 aliphatic carbocycles. The molecule has 0 bridgehead atoms. The number of hydrogen-bond acceptors (Lipinski definition) is 5. The zero-order chi connectivity index (χ0) is 13.4. The predicted octanol–water partition coefficient (Wildman–Crippen LogP) is -0.726. The van der Waals surface area contributed by atoms with Crippen molar-refractivity contribution in [2.45, 2.75) is 26.0 Å². The van der Waals surface area contributed by atoms with Gasteiger partial charge in [-0.3, -0.25) is 9.59 Å². The number of amides is 1. The zero-order valence-corrected chi connectivity index (χ0v) is 10.1.